The third kappa shape index (κ3) is 4.58. The van der Waals surface area contributed by atoms with Gasteiger partial charge in [-0.3, -0.25) is 4.79 Å². The van der Waals surface area contributed by atoms with Crippen molar-refractivity contribution in [2.24, 2.45) is 5.92 Å². The predicted molar refractivity (Wildman–Crippen MR) is 77.2 cm³/mol. The van der Waals surface area contributed by atoms with E-state index in [1.807, 2.05) is 6.07 Å². The maximum absolute atomic E-state index is 11.0. The molecule has 0 bridgehead atoms. The molecule has 19 heavy (non-hydrogen) atoms. The Morgan fingerprint density at radius 1 is 1.32 bits per heavy atom. The quantitative estimate of drug-likeness (QED) is 0.630. The molecule has 0 aromatic heterocycles. The Bertz CT molecular complexity index is 388. The molecule has 1 rings (SSSR count). The average Bonchev–Trinajstić information content (AvgIpc) is 2.47. The molecule has 0 N–H and O–H groups in total. The van der Waals surface area contributed by atoms with Crippen molar-refractivity contribution in [3.05, 3.63) is 23.8 Å². The van der Waals surface area contributed by atoms with E-state index in [1.54, 1.807) is 19.2 Å². The molecule has 0 radical (unpaired) electrons. The average molecular weight is 264 g/mol. The maximum Gasteiger partial charge on any atom is 0.171 e. The van der Waals surface area contributed by atoms with Crippen molar-refractivity contribution in [3.8, 4) is 11.5 Å². The topological polar surface area (TPSA) is 35.5 Å². The second-order valence-electron chi connectivity index (χ2n) is 4.72. The van der Waals surface area contributed by atoms with Crippen molar-refractivity contribution < 1.29 is 14.3 Å². The molecule has 1 aromatic rings. The van der Waals surface area contributed by atoms with Crippen LogP contribution in [0, 0.1) is 5.92 Å². The second kappa shape index (κ2) is 8.57. The van der Waals surface area contributed by atoms with E-state index in [1.165, 1.54) is 19.3 Å². The van der Waals surface area contributed by atoms with Gasteiger partial charge < -0.3 is 9.47 Å². The fourth-order valence-electron chi connectivity index (χ4n) is 2.04. The van der Waals surface area contributed by atoms with Gasteiger partial charge >= 0.3 is 0 Å². The van der Waals surface area contributed by atoms with Crippen molar-refractivity contribution >= 4 is 6.29 Å². The molecule has 0 saturated heterocycles. The minimum absolute atomic E-state index is 0.532. The van der Waals surface area contributed by atoms with Crippen LogP contribution in [0.1, 0.15) is 49.9 Å². The zero-order valence-electron chi connectivity index (χ0n) is 12.1. The molecule has 0 saturated carbocycles. The number of unbranched alkanes of at least 4 members (excludes halogenated alkanes) is 1. The van der Waals surface area contributed by atoms with E-state index in [-0.39, 0.29) is 0 Å². The molecule has 0 amide bonds. The number of benzene rings is 1. The summed E-state index contributed by atoms with van der Waals surface area (Å²) in [5.74, 6) is 1.72. The van der Waals surface area contributed by atoms with Crippen LogP contribution in [0.2, 0.25) is 0 Å². The highest BCUT2D eigenvalue weighted by Crippen LogP contribution is 2.30. The van der Waals surface area contributed by atoms with Crippen molar-refractivity contribution in [1.82, 2.24) is 0 Å². The molecule has 3 heteroatoms. The minimum atomic E-state index is 0.532. The van der Waals surface area contributed by atoms with Gasteiger partial charge in [0, 0.05) is 0 Å². The van der Waals surface area contributed by atoms with Gasteiger partial charge in [0.1, 0.15) is 0 Å². The molecule has 0 aliphatic carbocycles. The SMILES string of the molecule is CCCCC(CC)COc1c(C=O)cccc1OC. The van der Waals surface area contributed by atoms with Gasteiger partial charge in [0.15, 0.2) is 17.8 Å². The molecule has 0 aliphatic heterocycles. The zero-order chi connectivity index (χ0) is 14.1. The van der Waals surface area contributed by atoms with Crippen molar-refractivity contribution in [2.75, 3.05) is 13.7 Å². The maximum atomic E-state index is 11.0. The second-order valence-corrected chi connectivity index (χ2v) is 4.72. The number of aldehydes is 1. The number of para-hydroxylation sites is 1. The number of ether oxygens (including phenoxy) is 2. The number of hydrogen-bond acceptors (Lipinski definition) is 3. The monoisotopic (exact) mass is 264 g/mol. The van der Waals surface area contributed by atoms with Crippen LogP contribution in [0.5, 0.6) is 11.5 Å². The summed E-state index contributed by atoms with van der Waals surface area (Å²) in [6, 6.07) is 5.36. The summed E-state index contributed by atoms with van der Waals surface area (Å²) in [6.45, 7) is 5.00. The summed E-state index contributed by atoms with van der Waals surface area (Å²) in [6.07, 6.45) is 5.48. The van der Waals surface area contributed by atoms with E-state index in [9.17, 15) is 4.79 Å². The highest BCUT2D eigenvalue weighted by atomic mass is 16.5. The Labute approximate surface area is 115 Å². The number of carbonyl (C=O) groups is 1. The molecular formula is C16H24O3. The first-order valence-electron chi connectivity index (χ1n) is 7.01. The smallest absolute Gasteiger partial charge is 0.171 e. The molecule has 0 fully saturated rings. The van der Waals surface area contributed by atoms with Crippen molar-refractivity contribution in [3.63, 3.8) is 0 Å². The van der Waals surface area contributed by atoms with Gasteiger partial charge in [0.2, 0.25) is 0 Å². The van der Waals surface area contributed by atoms with E-state index < -0.39 is 0 Å². The normalized spacial score (nSPS) is 11.9. The van der Waals surface area contributed by atoms with Crippen LogP contribution in [0.25, 0.3) is 0 Å². The lowest BCUT2D eigenvalue weighted by atomic mass is 10.0. The van der Waals surface area contributed by atoms with Crippen LogP contribution >= 0.6 is 0 Å². The Balaban J connectivity index is 2.72. The van der Waals surface area contributed by atoms with Gasteiger partial charge in [0.25, 0.3) is 0 Å². The van der Waals surface area contributed by atoms with Crippen LogP contribution in [0.3, 0.4) is 0 Å². The minimum Gasteiger partial charge on any atom is -0.493 e. The summed E-state index contributed by atoms with van der Waals surface area (Å²) in [4.78, 5) is 11.0. The lowest BCUT2D eigenvalue weighted by Crippen LogP contribution is -2.12. The molecular weight excluding hydrogens is 240 g/mol. The Kier molecular flexibility index (Phi) is 7.01. The van der Waals surface area contributed by atoms with E-state index in [2.05, 4.69) is 13.8 Å². The van der Waals surface area contributed by atoms with Gasteiger partial charge in [-0.05, 0) is 24.5 Å². The first-order valence-corrected chi connectivity index (χ1v) is 7.01. The van der Waals surface area contributed by atoms with Gasteiger partial charge in [-0.2, -0.15) is 0 Å². The van der Waals surface area contributed by atoms with E-state index in [0.29, 0.717) is 29.6 Å². The van der Waals surface area contributed by atoms with Crippen LogP contribution in [0.4, 0.5) is 0 Å². The predicted octanol–water partition coefficient (Wildman–Crippen LogP) is 4.10. The van der Waals surface area contributed by atoms with Crippen molar-refractivity contribution in [1.29, 1.82) is 0 Å². The van der Waals surface area contributed by atoms with Gasteiger partial charge in [-0.1, -0.05) is 39.2 Å². The van der Waals surface area contributed by atoms with Gasteiger partial charge in [-0.25, -0.2) is 0 Å². The van der Waals surface area contributed by atoms with E-state index in [0.717, 1.165) is 12.7 Å². The standard InChI is InChI=1S/C16H24O3/c1-4-6-8-13(5-2)12-19-16-14(11-17)9-7-10-15(16)18-3/h7,9-11,13H,4-6,8,12H2,1-3H3. The summed E-state index contributed by atoms with van der Waals surface area (Å²) >= 11 is 0. The first-order chi connectivity index (χ1) is 9.26. The number of rotatable bonds is 9. The zero-order valence-corrected chi connectivity index (χ0v) is 12.1. The Hall–Kier alpha value is -1.51. The van der Waals surface area contributed by atoms with E-state index >= 15 is 0 Å². The van der Waals surface area contributed by atoms with Crippen LogP contribution in [-0.4, -0.2) is 20.0 Å². The molecule has 1 unspecified atom stereocenters. The van der Waals surface area contributed by atoms with Crippen LogP contribution in [0.15, 0.2) is 18.2 Å². The summed E-state index contributed by atoms with van der Waals surface area (Å²) < 4.78 is 11.1. The number of carbonyl (C=O) groups excluding carboxylic acids is 1. The molecule has 0 heterocycles. The fourth-order valence-corrected chi connectivity index (χ4v) is 2.04. The lowest BCUT2D eigenvalue weighted by molar-refractivity contribution is 0.111. The van der Waals surface area contributed by atoms with Crippen LogP contribution < -0.4 is 9.47 Å². The highest BCUT2D eigenvalue weighted by Gasteiger charge is 2.13. The molecule has 0 spiro atoms. The van der Waals surface area contributed by atoms with Crippen molar-refractivity contribution in [2.45, 2.75) is 39.5 Å². The highest BCUT2D eigenvalue weighted by molar-refractivity contribution is 5.81. The van der Waals surface area contributed by atoms with E-state index in [4.69, 9.17) is 9.47 Å². The molecule has 106 valence electrons. The fraction of sp³-hybridized carbons (Fsp3) is 0.562. The summed E-state index contributed by atoms with van der Waals surface area (Å²) in [5.41, 5.74) is 0.546. The Morgan fingerprint density at radius 2 is 2.11 bits per heavy atom. The lowest BCUT2D eigenvalue weighted by Gasteiger charge is -2.18. The Morgan fingerprint density at radius 3 is 2.68 bits per heavy atom. The molecule has 3 nitrogen and oxygen atoms in total. The van der Waals surface area contributed by atoms with Crippen LogP contribution in [-0.2, 0) is 0 Å². The molecule has 1 atom stereocenters. The largest absolute Gasteiger partial charge is 0.493 e. The van der Waals surface area contributed by atoms with Gasteiger partial charge in [0.05, 0.1) is 19.3 Å². The molecule has 0 aliphatic rings. The number of methoxy groups -OCH3 is 1. The molecule has 1 aromatic carbocycles. The summed E-state index contributed by atoms with van der Waals surface area (Å²) in [7, 11) is 1.59. The third-order valence-corrected chi connectivity index (χ3v) is 3.36. The summed E-state index contributed by atoms with van der Waals surface area (Å²) in [5, 5.41) is 0. The first kappa shape index (κ1) is 15.5. The van der Waals surface area contributed by atoms with Gasteiger partial charge in [-0.15, -0.1) is 0 Å². The number of hydrogen-bond donors (Lipinski definition) is 0. The third-order valence-electron chi connectivity index (χ3n) is 3.36.